The first kappa shape index (κ1) is 19.8. The summed E-state index contributed by atoms with van der Waals surface area (Å²) >= 11 is 0. The van der Waals surface area contributed by atoms with Gasteiger partial charge in [-0.05, 0) is 50.1 Å². The van der Waals surface area contributed by atoms with Crippen molar-refractivity contribution >= 4 is 23.2 Å². The van der Waals surface area contributed by atoms with Crippen molar-refractivity contribution < 1.29 is 14.0 Å². The van der Waals surface area contributed by atoms with Crippen LogP contribution in [-0.4, -0.2) is 33.5 Å². The third kappa shape index (κ3) is 3.80. The highest BCUT2D eigenvalue weighted by molar-refractivity contribution is 6.03. The van der Waals surface area contributed by atoms with Gasteiger partial charge in [-0.2, -0.15) is 5.10 Å². The van der Waals surface area contributed by atoms with Crippen LogP contribution in [0.2, 0.25) is 0 Å². The number of H-pyrrole nitrogens is 1. The zero-order chi connectivity index (χ0) is 21.4. The molecule has 1 saturated heterocycles. The summed E-state index contributed by atoms with van der Waals surface area (Å²) < 4.78 is 13.9. The zero-order valence-corrected chi connectivity index (χ0v) is 17.0. The maximum Gasteiger partial charge on any atom is 0.229 e. The summed E-state index contributed by atoms with van der Waals surface area (Å²) in [6, 6.07) is 10.3. The van der Waals surface area contributed by atoms with Gasteiger partial charge in [0.15, 0.2) is 5.82 Å². The van der Waals surface area contributed by atoms with Crippen LogP contribution in [0, 0.1) is 32.5 Å². The van der Waals surface area contributed by atoms with E-state index in [9.17, 15) is 14.0 Å². The molecule has 2 heterocycles. The first-order valence-electron chi connectivity index (χ1n) is 9.69. The minimum atomic E-state index is -0.518. The molecule has 1 atom stereocenters. The van der Waals surface area contributed by atoms with Crippen LogP contribution in [0.1, 0.15) is 23.4 Å². The monoisotopic (exact) mass is 407 g/mol. The molecule has 2 aromatic carbocycles. The van der Waals surface area contributed by atoms with Gasteiger partial charge in [0.2, 0.25) is 11.8 Å². The number of hydrogen-bond donors (Lipinski definition) is 2. The van der Waals surface area contributed by atoms with E-state index in [0.717, 1.165) is 11.1 Å². The van der Waals surface area contributed by atoms with Crippen LogP contribution < -0.4 is 10.2 Å². The standard InChI is InChI=1S/C22H22FN5O2/c1-12-5-7-17(10-18(12)23)28-11-16(9-20(28)29)22(30)25-19-8-15(6-4-13(19)2)21-24-14(3)26-27-21/h4-8,10,16H,9,11H2,1-3H3,(H,25,30)(H,24,26,27). The molecule has 0 saturated carbocycles. The lowest BCUT2D eigenvalue weighted by molar-refractivity contribution is -0.122. The van der Waals surface area contributed by atoms with E-state index in [1.165, 1.54) is 11.0 Å². The summed E-state index contributed by atoms with van der Waals surface area (Å²) in [5.74, 6) is -0.0802. The largest absolute Gasteiger partial charge is 0.326 e. The molecule has 1 unspecified atom stereocenters. The van der Waals surface area contributed by atoms with E-state index in [1.807, 2.05) is 32.0 Å². The molecule has 0 radical (unpaired) electrons. The molecule has 1 aromatic heterocycles. The number of carbonyl (C=O) groups excluding carboxylic acids is 2. The number of carbonyl (C=O) groups is 2. The van der Waals surface area contributed by atoms with Crippen LogP contribution in [0.3, 0.4) is 0 Å². The van der Waals surface area contributed by atoms with Crippen LogP contribution >= 0.6 is 0 Å². The van der Waals surface area contributed by atoms with E-state index in [1.54, 1.807) is 19.1 Å². The van der Waals surface area contributed by atoms with Gasteiger partial charge in [0.1, 0.15) is 11.6 Å². The molecule has 0 aliphatic carbocycles. The summed E-state index contributed by atoms with van der Waals surface area (Å²) in [6.45, 7) is 5.59. The Bertz CT molecular complexity index is 1140. The lowest BCUT2D eigenvalue weighted by Crippen LogP contribution is -2.28. The number of rotatable bonds is 4. The van der Waals surface area contributed by atoms with Crippen molar-refractivity contribution in [1.29, 1.82) is 0 Å². The van der Waals surface area contributed by atoms with Gasteiger partial charge in [0.05, 0.1) is 5.92 Å². The Morgan fingerprint density at radius 1 is 1.17 bits per heavy atom. The lowest BCUT2D eigenvalue weighted by Gasteiger charge is -2.17. The molecular weight excluding hydrogens is 385 g/mol. The van der Waals surface area contributed by atoms with Gasteiger partial charge in [-0.3, -0.25) is 14.7 Å². The second kappa shape index (κ2) is 7.70. The molecular formula is C22H22FN5O2. The topological polar surface area (TPSA) is 91.0 Å². The van der Waals surface area contributed by atoms with Crippen molar-refractivity contribution in [3.63, 3.8) is 0 Å². The molecule has 30 heavy (non-hydrogen) atoms. The summed E-state index contributed by atoms with van der Waals surface area (Å²) in [5, 5.41) is 9.88. The molecule has 0 bridgehead atoms. The maximum absolute atomic E-state index is 13.9. The predicted molar refractivity (Wildman–Crippen MR) is 112 cm³/mol. The Hall–Kier alpha value is -3.55. The normalized spacial score (nSPS) is 16.2. The second-order valence-corrected chi connectivity index (χ2v) is 7.60. The van der Waals surface area contributed by atoms with Crippen molar-refractivity contribution in [2.45, 2.75) is 27.2 Å². The number of halogens is 1. The third-order valence-electron chi connectivity index (χ3n) is 5.31. The Labute approximate surface area is 173 Å². The molecule has 0 spiro atoms. The Morgan fingerprint density at radius 2 is 1.93 bits per heavy atom. The van der Waals surface area contributed by atoms with Gasteiger partial charge in [0.25, 0.3) is 0 Å². The van der Waals surface area contributed by atoms with Gasteiger partial charge in [0, 0.05) is 29.9 Å². The van der Waals surface area contributed by atoms with E-state index in [2.05, 4.69) is 20.5 Å². The quantitative estimate of drug-likeness (QED) is 0.692. The van der Waals surface area contributed by atoms with E-state index < -0.39 is 5.92 Å². The molecule has 4 rings (SSSR count). The van der Waals surface area contributed by atoms with E-state index in [0.29, 0.717) is 28.6 Å². The van der Waals surface area contributed by atoms with Gasteiger partial charge < -0.3 is 10.2 Å². The fourth-order valence-electron chi connectivity index (χ4n) is 3.48. The number of benzene rings is 2. The maximum atomic E-state index is 13.9. The molecule has 1 fully saturated rings. The molecule has 7 nitrogen and oxygen atoms in total. The van der Waals surface area contributed by atoms with E-state index in [-0.39, 0.29) is 30.6 Å². The zero-order valence-electron chi connectivity index (χ0n) is 17.0. The number of hydrogen-bond acceptors (Lipinski definition) is 4. The van der Waals surface area contributed by atoms with Crippen LogP contribution in [0.15, 0.2) is 36.4 Å². The van der Waals surface area contributed by atoms with Crippen molar-refractivity contribution in [1.82, 2.24) is 15.2 Å². The number of aryl methyl sites for hydroxylation is 3. The minimum Gasteiger partial charge on any atom is -0.326 e. The lowest BCUT2D eigenvalue weighted by atomic mass is 10.1. The molecule has 154 valence electrons. The fraction of sp³-hybridized carbons (Fsp3) is 0.273. The summed E-state index contributed by atoms with van der Waals surface area (Å²) in [4.78, 5) is 31.1. The SMILES string of the molecule is Cc1nc(-c2ccc(C)c(NC(=O)C3CC(=O)N(c4ccc(C)c(F)c4)C3)c2)n[nH]1. The van der Waals surface area contributed by atoms with Crippen LogP contribution in [0.5, 0.6) is 0 Å². The van der Waals surface area contributed by atoms with Gasteiger partial charge >= 0.3 is 0 Å². The summed E-state index contributed by atoms with van der Waals surface area (Å²) in [7, 11) is 0. The first-order valence-corrected chi connectivity index (χ1v) is 9.69. The average molecular weight is 407 g/mol. The Morgan fingerprint density at radius 3 is 2.63 bits per heavy atom. The summed E-state index contributed by atoms with van der Waals surface area (Å²) in [6.07, 6.45) is 0.0835. The molecule has 2 N–H and O–H groups in total. The van der Waals surface area contributed by atoms with Crippen molar-refractivity contribution in [2.75, 3.05) is 16.8 Å². The Kier molecular flexibility index (Phi) is 5.07. The van der Waals surface area contributed by atoms with Crippen LogP contribution in [0.4, 0.5) is 15.8 Å². The highest BCUT2D eigenvalue weighted by Crippen LogP contribution is 2.29. The molecule has 8 heteroatoms. The van der Waals surface area contributed by atoms with Crippen molar-refractivity contribution in [3.8, 4) is 11.4 Å². The van der Waals surface area contributed by atoms with Crippen molar-refractivity contribution in [2.24, 2.45) is 5.92 Å². The fourth-order valence-corrected chi connectivity index (χ4v) is 3.48. The molecule has 3 aromatic rings. The van der Waals surface area contributed by atoms with Crippen LogP contribution in [-0.2, 0) is 9.59 Å². The number of anilines is 2. The smallest absolute Gasteiger partial charge is 0.229 e. The number of nitrogens with one attached hydrogen (secondary N) is 2. The Balaban J connectivity index is 1.50. The highest BCUT2D eigenvalue weighted by Gasteiger charge is 2.35. The number of aromatic amines is 1. The average Bonchev–Trinajstić information content (AvgIpc) is 3.31. The van der Waals surface area contributed by atoms with Crippen molar-refractivity contribution in [3.05, 3.63) is 59.2 Å². The number of aromatic nitrogens is 3. The van der Waals surface area contributed by atoms with E-state index >= 15 is 0 Å². The van der Waals surface area contributed by atoms with Gasteiger partial charge in [-0.25, -0.2) is 9.37 Å². The molecule has 1 aliphatic heterocycles. The van der Waals surface area contributed by atoms with Gasteiger partial charge in [-0.15, -0.1) is 0 Å². The molecule has 2 amide bonds. The first-order chi connectivity index (χ1) is 14.3. The highest BCUT2D eigenvalue weighted by atomic mass is 19.1. The van der Waals surface area contributed by atoms with Crippen LogP contribution in [0.25, 0.3) is 11.4 Å². The predicted octanol–water partition coefficient (Wildman–Crippen LogP) is 3.53. The number of nitrogens with zero attached hydrogens (tertiary/aromatic N) is 3. The van der Waals surface area contributed by atoms with Gasteiger partial charge in [-0.1, -0.05) is 18.2 Å². The van der Waals surface area contributed by atoms with E-state index in [4.69, 9.17) is 0 Å². The minimum absolute atomic E-state index is 0.0835. The number of amides is 2. The molecule has 1 aliphatic rings. The third-order valence-corrected chi connectivity index (χ3v) is 5.31. The second-order valence-electron chi connectivity index (χ2n) is 7.60. The summed E-state index contributed by atoms with van der Waals surface area (Å²) in [5.41, 5.74) is 3.29.